The van der Waals surface area contributed by atoms with Gasteiger partial charge in [0.05, 0.1) is 23.9 Å². The number of methoxy groups -OCH3 is 1. The van der Waals surface area contributed by atoms with Gasteiger partial charge in [-0.15, -0.1) is 0 Å². The van der Waals surface area contributed by atoms with Crippen molar-refractivity contribution in [2.75, 3.05) is 7.11 Å². The van der Waals surface area contributed by atoms with Crippen molar-refractivity contribution in [3.63, 3.8) is 0 Å². The van der Waals surface area contributed by atoms with Gasteiger partial charge in [-0.1, -0.05) is 37.3 Å². The Kier molecular flexibility index (Phi) is 5.89. The molecule has 1 aromatic carbocycles. The molecule has 0 amide bonds. The Balaban J connectivity index is 2.95. The third kappa shape index (κ3) is 4.42. The number of ether oxygens (including phenoxy) is 1. The minimum Gasteiger partial charge on any atom is -0.483 e. The number of hydrogen-bond acceptors (Lipinski definition) is 3. The molecule has 112 valence electrons. The predicted molar refractivity (Wildman–Crippen MR) is 82.9 cm³/mol. The molecule has 0 saturated heterocycles. The van der Waals surface area contributed by atoms with Gasteiger partial charge in [0.25, 0.3) is 0 Å². The van der Waals surface area contributed by atoms with Crippen LogP contribution in [-0.4, -0.2) is 27.1 Å². The topological polar surface area (TPSA) is 58.9 Å². The SMILES string of the molecule is CO/C(=N/[S@](=O)C(C)(C)C)[C@H](C)[C@H](O)c1ccccc1. The molecule has 0 bridgehead atoms. The summed E-state index contributed by atoms with van der Waals surface area (Å²) in [5.41, 5.74) is 0.784. The minimum absolute atomic E-state index is 0.301. The minimum atomic E-state index is -1.41. The molecule has 3 atom stereocenters. The fourth-order valence-corrected chi connectivity index (χ4v) is 2.28. The van der Waals surface area contributed by atoms with Crippen molar-refractivity contribution in [3.05, 3.63) is 35.9 Å². The van der Waals surface area contributed by atoms with Gasteiger partial charge in [-0.05, 0) is 26.3 Å². The standard InChI is InChI=1S/C15H23NO3S/c1-11(13(17)12-9-7-6-8-10-12)14(19-5)16-20(18)15(2,3)4/h6-11,13,17H,1-5H3/b16-14+/t11-,13+,20-/m1/s1. The van der Waals surface area contributed by atoms with Crippen molar-refractivity contribution in [2.45, 2.75) is 38.5 Å². The first-order chi connectivity index (χ1) is 9.27. The van der Waals surface area contributed by atoms with Gasteiger partial charge in [0, 0.05) is 0 Å². The highest BCUT2D eigenvalue weighted by molar-refractivity contribution is 7.85. The van der Waals surface area contributed by atoms with Crippen LogP contribution in [0.4, 0.5) is 0 Å². The number of hydrogen-bond donors (Lipinski definition) is 1. The largest absolute Gasteiger partial charge is 0.483 e. The molecule has 0 spiro atoms. The van der Waals surface area contributed by atoms with Crippen molar-refractivity contribution in [1.82, 2.24) is 0 Å². The lowest BCUT2D eigenvalue weighted by Crippen LogP contribution is -2.26. The lowest BCUT2D eigenvalue weighted by atomic mass is 9.97. The summed E-state index contributed by atoms with van der Waals surface area (Å²) in [4.78, 5) is 0. The summed E-state index contributed by atoms with van der Waals surface area (Å²) in [6.07, 6.45) is -0.744. The number of aliphatic hydroxyl groups is 1. The quantitative estimate of drug-likeness (QED) is 0.686. The molecule has 0 saturated carbocycles. The Hall–Kier alpha value is -1.20. The van der Waals surface area contributed by atoms with E-state index in [1.807, 2.05) is 51.1 Å². The van der Waals surface area contributed by atoms with Crippen LogP contribution >= 0.6 is 0 Å². The zero-order valence-electron chi connectivity index (χ0n) is 12.7. The second-order valence-corrected chi connectivity index (χ2v) is 7.55. The summed E-state index contributed by atoms with van der Waals surface area (Å²) in [6, 6.07) is 9.30. The van der Waals surface area contributed by atoms with E-state index in [-0.39, 0.29) is 5.92 Å². The molecule has 0 aliphatic heterocycles. The van der Waals surface area contributed by atoms with Crippen LogP contribution in [0.2, 0.25) is 0 Å². The molecule has 20 heavy (non-hydrogen) atoms. The second-order valence-electron chi connectivity index (χ2n) is 5.64. The van der Waals surface area contributed by atoms with Gasteiger partial charge in [-0.2, -0.15) is 4.40 Å². The van der Waals surface area contributed by atoms with Crippen LogP contribution in [-0.2, 0) is 15.7 Å². The Morgan fingerprint density at radius 3 is 2.30 bits per heavy atom. The van der Waals surface area contributed by atoms with E-state index in [2.05, 4.69) is 4.40 Å². The number of aliphatic hydroxyl groups excluding tert-OH is 1. The molecule has 0 radical (unpaired) electrons. The van der Waals surface area contributed by atoms with Crippen molar-refractivity contribution in [2.24, 2.45) is 10.3 Å². The third-order valence-corrected chi connectivity index (χ3v) is 4.30. The van der Waals surface area contributed by atoms with Crippen LogP contribution in [0.3, 0.4) is 0 Å². The van der Waals surface area contributed by atoms with E-state index in [1.165, 1.54) is 7.11 Å². The van der Waals surface area contributed by atoms with E-state index in [0.29, 0.717) is 5.90 Å². The summed E-state index contributed by atoms with van der Waals surface area (Å²) in [5.74, 6) is -0.0664. The molecule has 4 nitrogen and oxygen atoms in total. The van der Waals surface area contributed by atoms with E-state index in [1.54, 1.807) is 6.92 Å². The molecular weight excluding hydrogens is 274 g/mol. The molecule has 0 heterocycles. The maximum atomic E-state index is 12.1. The average Bonchev–Trinajstić information content (AvgIpc) is 2.42. The van der Waals surface area contributed by atoms with Crippen LogP contribution in [0, 0.1) is 5.92 Å². The fourth-order valence-electron chi connectivity index (χ4n) is 1.60. The molecule has 5 heteroatoms. The summed E-state index contributed by atoms with van der Waals surface area (Å²) < 4.78 is 20.9. The van der Waals surface area contributed by atoms with Gasteiger partial charge >= 0.3 is 0 Å². The summed E-state index contributed by atoms with van der Waals surface area (Å²) in [5, 5.41) is 10.3. The first-order valence-corrected chi connectivity index (χ1v) is 7.65. The Bertz CT molecular complexity index is 480. The highest BCUT2D eigenvalue weighted by Crippen LogP contribution is 2.24. The van der Waals surface area contributed by atoms with Crippen LogP contribution in [0.15, 0.2) is 34.7 Å². The average molecular weight is 297 g/mol. The highest BCUT2D eigenvalue weighted by Gasteiger charge is 2.26. The number of benzene rings is 1. The van der Waals surface area contributed by atoms with E-state index in [9.17, 15) is 9.32 Å². The molecule has 0 aliphatic carbocycles. The maximum Gasteiger partial charge on any atom is 0.203 e. The van der Waals surface area contributed by atoms with Crippen molar-refractivity contribution < 1.29 is 14.1 Å². The van der Waals surface area contributed by atoms with Crippen LogP contribution in [0.25, 0.3) is 0 Å². The fraction of sp³-hybridized carbons (Fsp3) is 0.533. The van der Waals surface area contributed by atoms with Crippen LogP contribution in [0.1, 0.15) is 39.4 Å². The summed E-state index contributed by atoms with van der Waals surface area (Å²) in [7, 11) is 0.0701. The van der Waals surface area contributed by atoms with Crippen molar-refractivity contribution in [1.29, 1.82) is 0 Å². The van der Waals surface area contributed by atoms with E-state index < -0.39 is 21.8 Å². The molecule has 0 fully saturated rings. The lowest BCUT2D eigenvalue weighted by molar-refractivity contribution is 0.136. The third-order valence-electron chi connectivity index (χ3n) is 2.91. The molecular formula is C15H23NO3S. The van der Waals surface area contributed by atoms with E-state index in [4.69, 9.17) is 4.74 Å². The van der Waals surface area contributed by atoms with Gasteiger partial charge in [-0.3, -0.25) is 0 Å². The Morgan fingerprint density at radius 2 is 1.85 bits per heavy atom. The molecule has 0 unspecified atom stereocenters. The van der Waals surface area contributed by atoms with Gasteiger partial charge in [0.2, 0.25) is 5.90 Å². The first-order valence-electron chi connectivity index (χ1n) is 6.55. The zero-order valence-corrected chi connectivity index (χ0v) is 13.5. The van der Waals surface area contributed by atoms with Crippen molar-refractivity contribution >= 4 is 16.9 Å². The number of nitrogens with zero attached hydrogens (tertiary/aromatic N) is 1. The first kappa shape index (κ1) is 16.9. The Morgan fingerprint density at radius 1 is 1.30 bits per heavy atom. The number of rotatable bonds is 4. The molecule has 0 aliphatic rings. The van der Waals surface area contributed by atoms with Crippen LogP contribution < -0.4 is 0 Å². The molecule has 1 rings (SSSR count). The van der Waals surface area contributed by atoms with Gasteiger partial charge in [-0.25, -0.2) is 4.21 Å². The summed E-state index contributed by atoms with van der Waals surface area (Å²) >= 11 is 0. The highest BCUT2D eigenvalue weighted by atomic mass is 32.2. The zero-order chi connectivity index (χ0) is 15.3. The predicted octanol–water partition coefficient (Wildman–Crippen LogP) is 2.86. The normalized spacial score (nSPS) is 17.4. The van der Waals surface area contributed by atoms with Crippen LogP contribution in [0.5, 0.6) is 0 Å². The maximum absolute atomic E-state index is 12.1. The van der Waals surface area contributed by atoms with E-state index >= 15 is 0 Å². The molecule has 1 N–H and O–H groups in total. The van der Waals surface area contributed by atoms with Gasteiger partial charge in [0.15, 0.2) is 0 Å². The monoisotopic (exact) mass is 297 g/mol. The molecule has 1 aromatic rings. The molecule has 0 aromatic heterocycles. The Labute approximate surface area is 123 Å². The van der Waals surface area contributed by atoms with Crippen molar-refractivity contribution in [3.8, 4) is 0 Å². The van der Waals surface area contributed by atoms with Gasteiger partial charge in [0.1, 0.15) is 11.0 Å². The smallest absolute Gasteiger partial charge is 0.203 e. The second kappa shape index (κ2) is 6.99. The summed E-state index contributed by atoms with van der Waals surface area (Å²) in [6.45, 7) is 7.34. The lowest BCUT2D eigenvalue weighted by Gasteiger charge is -2.21. The van der Waals surface area contributed by atoms with Gasteiger partial charge < -0.3 is 9.84 Å². The van der Waals surface area contributed by atoms with E-state index in [0.717, 1.165) is 5.56 Å².